The van der Waals surface area contributed by atoms with E-state index in [1.165, 1.54) is 39.9 Å². The number of rotatable bonds is 5. The second kappa shape index (κ2) is 9.38. The molecule has 2 unspecified atom stereocenters. The van der Waals surface area contributed by atoms with Crippen LogP contribution in [0.2, 0.25) is 0 Å². The second-order valence-corrected chi connectivity index (χ2v) is 11.0. The maximum Gasteiger partial charge on any atom is 0.279 e. The van der Waals surface area contributed by atoms with Crippen molar-refractivity contribution in [1.29, 1.82) is 0 Å². The number of thiazole rings is 1. The maximum absolute atomic E-state index is 13.0. The highest BCUT2D eigenvalue weighted by atomic mass is 32.2. The summed E-state index contributed by atoms with van der Waals surface area (Å²) in [7, 11) is -1.81. The third-order valence-corrected chi connectivity index (χ3v) is 8.35. The quantitative estimate of drug-likeness (QED) is 0.549. The van der Waals surface area contributed by atoms with Crippen LogP contribution in [0, 0.1) is 0 Å². The fraction of sp³-hybridized carbons (Fsp3) is 0.391. The van der Waals surface area contributed by atoms with Crippen LogP contribution in [0.25, 0.3) is 10.2 Å². The molecule has 1 aliphatic rings. The topological polar surface area (TPSA) is 90.2 Å². The number of sulfonamides is 1. The summed E-state index contributed by atoms with van der Waals surface area (Å²) in [6, 6.07) is 11.7. The molecule has 0 spiro atoms. The molecule has 10 heteroatoms. The Hall–Kier alpha value is -2.53. The van der Waals surface area contributed by atoms with Crippen molar-refractivity contribution in [2.75, 3.05) is 19.7 Å². The van der Waals surface area contributed by atoms with Crippen LogP contribution < -0.4 is 9.54 Å². The Balaban J connectivity index is 1.59. The zero-order valence-electron chi connectivity index (χ0n) is 19.0. The average Bonchev–Trinajstić information content (AvgIpc) is 3.08. The van der Waals surface area contributed by atoms with E-state index in [4.69, 9.17) is 9.47 Å². The normalized spacial score (nSPS) is 20.3. The van der Waals surface area contributed by atoms with Crippen molar-refractivity contribution in [3.05, 3.63) is 52.8 Å². The monoisotopic (exact) mass is 489 g/mol. The highest BCUT2D eigenvalue weighted by molar-refractivity contribution is 7.89. The molecule has 2 aromatic carbocycles. The van der Waals surface area contributed by atoms with Crippen molar-refractivity contribution < 1.29 is 22.7 Å². The molecule has 1 aromatic heterocycles. The van der Waals surface area contributed by atoms with Crippen molar-refractivity contribution in [3.63, 3.8) is 0 Å². The summed E-state index contributed by atoms with van der Waals surface area (Å²) in [4.78, 5) is 17.8. The fourth-order valence-electron chi connectivity index (χ4n) is 3.87. The molecule has 1 aliphatic heterocycles. The molecule has 0 N–H and O–H groups in total. The van der Waals surface area contributed by atoms with E-state index in [9.17, 15) is 13.2 Å². The van der Waals surface area contributed by atoms with E-state index < -0.39 is 15.9 Å². The highest BCUT2D eigenvalue weighted by Gasteiger charge is 2.32. The lowest BCUT2D eigenvalue weighted by Gasteiger charge is -2.34. The van der Waals surface area contributed by atoms with Gasteiger partial charge in [-0.3, -0.25) is 4.79 Å². The van der Waals surface area contributed by atoms with Gasteiger partial charge in [0.2, 0.25) is 10.0 Å². The van der Waals surface area contributed by atoms with E-state index in [2.05, 4.69) is 4.99 Å². The number of aryl methyl sites for hydroxylation is 1. The van der Waals surface area contributed by atoms with Gasteiger partial charge in [0.15, 0.2) is 4.80 Å². The number of carbonyl (C=O) groups is 1. The molecule has 4 rings (SSSR count). The van der Waals surface area contributed by atoms with Gasteiger partial charge in [0, 0.05) is 25.7 Å². The van der Waals surface area contributed by atoms with Gasteiger partial charge in [-0.25, -0.2) is 8.42 Å². The second-order valence-electron chi connectivity index (χ2n) is 8.03. The van der Waals surface area contributed by atoms with Crippen LogP contribution in [0.1, 0.15) is 31.1 Å². The Bertz CT molecular complexity index is 1330. The van der Waals surface area contributed by atoms with E-state index in [0.29, 0.717) is 30.1 Å². The van der Waals surface area contributed by atoms with Crippen LogP contribution in [0.3, 0.4) is 0 Å². The molecular formula is C23H27N3O5S2. The maximum atomic E-state index is 13.0. The van der Waals surface area contributed by atoms with Crippen molar-refractivity contribution >= 4 is 37.5 Å². The summed E-state index contributed by atoms with van der Waals surface area (Å²) in [6.07, 6.45) is -0.343. The largest absolute Gasteiger partial charge is 0.494 e. The highest BCUT2D eigenvalue weighted by Crippen LogP contribution is 2.24. The number of ether oxygens (including phenoxy) is 2. The summed E-state index contributed by atoms with van der Waals surface area (Å²) in [6.45, 7) is 6.82. The minimum absolute atomic E-state index is 0.149. The summed E-state index contributed by atoms with van der Waals surface area (Å²) in [5.41, 5.74) is 1.27. The molecule has 1 amide bonds. The molecule has 1 saturated heterocycles. The Morgan fingerprint density at radius 2 is 1.82 bits per heavy atom. The van der Waals surface area contributed by atoms with Crippen molar-refractivity contribution in [2.24, 2.45) is 12.0 Å². The minimum Gasteiger partial charge on any atom is -0.494 e. The molecule has 1 fully saturated rings. The van der Waals surface area contributed by atoms with Crippen molar-refractivity contribution in [3.8, 4) is 5.75 Å². The Morgan fingerprint density at radius 1 is 1.15 bits per heavy atom. The first-order valence-electron chi connectivity index (χ1n) is 10.8. The predicted molar refractivity (Wildman–Crippen MR) is 127 cm³/mol. The number of benzene rings is 2. The predicted octanol–water partition coefficient (Wildman–Crippen LogP) is 3.18. The van der Waals surface area contributed by atoms with Crippen LogP contribution >= 0.6 is 11.3 Å². The van der Waals surface area contributed by atoms with E-state index in [-0.39, 0.29) is 17.1 Å². The number of aromatic nitrogens is 1. The van der Waals surface area contributed by atoms with Gasteiger partial charge >= 0.3 is 0 Å². The third-order valence-electron chi connectivity index (χ3n) is 5.41. The first-order chi connectivity index (χ1) is 15.7. The van der Waals surface area contributed by atoms with Gasteiger partial charge < -0.3 is 14.0 Å². The van der Waals surface area contributed by atoms with Crippen LogP contribution in [0.4, 0.5) is 0 Å². The van der Waals surface area contributed by atoms with Gasteiger partial charge in [0.25, 0.3) is 5.91 Å². The summed E-state index contributed by atoms with van der Waals surface area (Å²) >= 11 is 1.39. The molecule has 3 aromatic rings. The van der Waals surface area contributed by atoms with E-state index in [0.717, 1.165) is 16.0 Å². The van der Waals surface area contributed by atoms with Crippen LogP contribution in [-0.4, -0.2) is 55.1 Å². The molecule has 2 atom stereocenters. The number of hydrogen-bond acceptors (Lipinski definition) is 6. The number of nitrogens with zero attached hydrogens (tertiary/aromatic N) is 3. The Morgan fingerprint density at radius 3 is 2.45 bits per heavy atom. The molecule has 176 valence electrons. The third kappa shape index (κ3) is 4.89. The molecular weight excluding hydrogens is 462 g/mol. The van der Waals surface area contributed by atoms with E-state index >= 15 is 0 Å². The average molecular weight is 490 g/mol. The van der Waals surface area contributed by atoms with Gasteiger partial charge in [0.05, 0.1) is 33.9 Å². The summed E-state index contributed by atoms with van der Waals surface area (Å²) < 4.78 is 41.5. The van der Waals surface area contributed by atoms with Gasteiger partial charge in [-0.05, 0) is 63.2 Å². The van der Waals surface area contributed by atoms with Crippen LogP contribution in [0.15, 0.2) is 52.4 Å². The molecule has 8 nitrogen and oxygen atoms in total. The number of fused-ring (bicyclic) bond motifs is 1. The SMILES string of the molecule is CCOc1ccc2c(c1)sc(=NC(=O)c1ccc(S(=O)(=O)N3CC(C)OC(C)C3)cc1)n2C. The smallest absolute Gasteiger partial charge is 0.279 e. The summed E-state index contributed by atoms with van der Waals surface area (Å²) in [5, 5.41) is 0. The summed E-state index contributed by atoms with van der Waals surface area (Å²) in [5.74, 6) is 0.338. The first-order valence-corrected chi connectivity index (χ1v) is 13.0. The van der Waals surface area contributed by atoms with Gasteiger partial charge in [-0.2, -0.15) is 9.30 Å². The Kier molecular flexibility index (Phi) is 6.71. The van der Waals surface area contributed by atoms with Gasteiger partial charge in [0.1, 0.15) is 5.75 Å². The van der Waals surface area contributed by atoms with E-state index in [1.54, 1.807) is 0 Å². The number of morpholine rings is 1. The van der Waals surface area contributed by atoms with Gasteiger partial charge in [-0.15, -0.1) is 0 Å². The zero-order chi connectivity index (χ0) is 23.8. The van der Waals surface area contributed by atoms with Crippen LogP contribution in [0.5, 0.6) is 5.75 Å². The molecule has 2 heterocycles. The fourth-order valence-corrected chi connectivity index (χ4v) is 6.51. The van der Waals surface area contributed by atoms with Gasteiger partial charge in [-0.1, -0.05) is 11.3 Å². The molecule has 0 radical (unpaired) electrons. The number of carbonyl (C=O) groups excluding carboxylic acids is 1. The standard InChI is InChI=1S/C23H27N3O5S2/c1-5-30-18-8-11-20-21(12-18)32-23(25(20)4)24-22(27)17-6-9-19(10-7-17)33(28,29)26-13-15(2)31-16(3)14-26/h6-12,15-16H,5,13-14H2,1-4H3. The molecule has 33 heavy (non-hydrogen) atoms. The molecule has 0 bridgehead atoms. The van der Waals surface area contributed by atoms with Crippen molar-refractivity contribution in [2.45, 2.75) is 37.9 Å². The minimum atomic E-state index is -3.66. The lowest BCUT2D eigenvalue weighted by atomic mass is 10.2. The first kappa shape index (κ1) is 23.6. The number of hydrogen-bond donors (Lipinski definition) is 0. The lowest BCUT2D eigenvalue weighted by molar-refractivity contribution is -0.0440. The molecule has 0 aliphatic carbocycles. The van der Waals surface area contributed by atoms with E-state index in [1.807, 2.05) is 50.6 Å². The molecule has 0 saturated carbocycles. The lowest BCUT2D eigenvalue weighted by Crippen LogP contribution is -2.48. The van der Waals surface area contributed by atoms with Crippen LogP contribution in [-0.2, 0) is 21.8 Å². The zero-order valence-corrected chi connectivity index (χ0v) is 20.6. The number of amides is 1. The van der Waals surface area contributed by atoms with Crippen molar-refractivity contribution in [1.82, 2.24) is 8.87 Å². The Labute approximate surface area is 197 Å².